The van der Waals surface area contributed by atoms with E-state index in [1.54, 1.807) is 12.4 Å². The number of rotatable bonds is 6. The number of aromatic nitrogens is 4. The van der Waals surface area contributed by atoms with E-state index in [-0.39, 0.29) is 0 Å². The summed E-state index contributed by atoms with van der Waals surface area (Å²) < 4.78 is 1.18. The van der Waals surface area contributed by atoms with Crippen molar-refractivity contribution in [1.29, 1.82) is 0 Å². The van der Waals surface area contributed by atoms with Crippen LogP contribution in [0.4, 0.5) is 0 Å². The molecule has 0 aliphatic rings. The third kappa shape index (κ3) is 5.36. The number of benzene rings is 4. The van der Waals surface area contributed by atoms with Gasteiger partial charge in [0, 0.05) is 39.2 Å². The van der Waals surface area contributed by atoms with E-state index in [1.807, 2.05) is 47.7 Å². The van der Waals surface area contributed by atoms with Gasteiger partial charge < -0.3 is 0 Å². The van der Waals surface area contributed by atoms with E-state index in [0.717, 1.165) is 56.1 Å². The molecule has 9 aromatic rings. The highest BCUT2D eigenvalue weighted by Gasteiger charge is 2.22. The van der Waals surface area contributed by atoms with Crippen molar-refractivity contribution >= 4 is 32.3 Å². The lowest BCUT2D eigenvalue weighted by molar-refractivity contribution is 1.22. The minimum absolute atomic E-state index is 0.795. The van der Waals surface area contributed by atoms with Crippen molar-refractivity contribution in [1.82, 2.24) is 19.9 Å². The van der Waals surface area contributed by atoms with E-state index in [2.05, 4.69) is 131 Å². The van der Waals surface area contributed by atoms with Gasteiger partial charge in [-0.25, -0.2) is 9.97 Å². The zero-order chi connectivity index (χ0) is 32.6. The Labute approximate surface area is 288 Å². The fourth-order valence-electron chi connectivity index (χ4n) is 6.49. The minimum Gasteiger partial charge on any atom is -0.255 e. The Morgan fingerprint density at radius 1 is 0.408 bits per heavy atom. The Kier molecular flexibility index (Phi) is 7.30. The lowest BCUT2D eigenvalue weighted by Gasteiger charge is -2.12. The molecule has 0 fully saturated rings. The van der Waals surface area contributed by atoms with E-state index < -0.39 is 0 Å². The van der Waals surface area contributed by atoms with Gasteiger partial charge in [-0.2, -0.15) is 0 Å². The van der Waals surface area contributed by atoms with Crippen molar-refractivity contribution < 1.29 is 0 Å². The van der Waals surface area contributed by atoms with Gasteiger partial charge >= 0.3 is 0 Å². The van der Waals surface area contributed by atoms with Crippen molar-refractivity contribution in [2.45, 2.75) is 0 Å². The molecule has 0 N–H and O–H groups in total. The Morgan fingerprint density at radius 3 is 1.57 bits per heavy atom. The first-order valence-electron chi connectivity index (χ1n) is 16.2. The van der Waals surface area contributed by atoms with Gasteiger partial charge in [0.2, 0.25) is 0 Å². The van der Waals surface area contributed by atoms with Gasteiger partial charge in [-0.05, 0) is 64.7 Å². The van der Waals surface area contributed by atoms with Crippen molar-refractivity contribution in [3.63, 3.8) is 0 Å². The van der Waals surface area contributed by atoms with Crippen LogP contribution in [0.3, 0.4) is 0 Å². The summed E-state index contributed by atoms with van der Waals surface area (Å²) in [4.78, 5) is 20.9. The van der Waals surface area contributed by atoms with Crippen LogP contribution >= 0.6 is 11.3 Å². The molecular formula is C44H28N4S. The molecule has 0 aliphatic heterocycles. The van der Waals surface area contributed by atoms with Gasteiger partial charge in [-0.15, -0.1) is 11.3 Å². The number of hydrogen-bond donors (Lipinski definition) is 0. The molecule has 0 atom stereocenters. The average Bonchev–Trinajstić information content (AvgIpc) is 3.60. The van der Waals surface area contributed by atoms with E-state index in [4.69, 9.17) is 9.97 Å². The first-order chi connectivity index (χ1) is 24.3. The summed E-state index contributed by atoms with van der Waals surface area (Å²) in [5, 5.41) is 2.35. The predicted octanol–water partition coefficient (Wildman–Crippen LogP) is 11.6. The Bertz CT molecular complexity index is 2510. The first kappa shape index (κ1) is 28.9. The molecule has 0 saturated heterocycles. The molecule has 0 saturated carbocycles. The minimum atomic E-state index is 0.795. The van der Waals surface area contributed by atoms with Crippen molar-refractivity contribution in [2.75, 3.05) is 0 Å². The van der Waals surface area contributed by atoms with Gasteiger partial charge in [0.25, 0.3) is 0 Å². The fraction of sp³-hybridized carbons (Fsp3) is 0. The van der Waals surface area contributed by atoms with Crippen LogP contribution in [0.1, 0.15) is 0 Å². The fourth-order valence-corrected chi connectivity index (χ4v) is 7.85. The van der Waals surface area contributed by atoms with Crippen LogP contribution in [0, 0.1) is 0 Å². The second-order valence-electron chi connectivity index (χ2n) is 11.9. The summed E-state index contributed by atoms with van der Waals surface area (Å²) in [6, 6.07) is 54.7. The Balaban J connectivity index is 1.33. The number of fused-ring (bicyclic) bond motifs is 3. The summed E-state index contributed by atoms with van der Waals surface area (Å²) in [6.07, 6.45) is 3.60. The summed E-state index contributed by atoms with van der Waals surface area (Å²) in [7, 11) is 0. The van der Waals surface area contributed by atoms with Gasteiger partial charge in [0.15, 0.2) is 0 Å². The summed E-state index contributed by atoms with van der Waals surface area (Å²) in [5.41, 5.74) is 12.0. The monoisotopic (exact) mass is 644 g/mol. The molecular weight excluding hydrogens is 617 g/mol. The molecule has 5 heteroatoms. The van der Waals surface area contributed by atoms with Crippen molar-refractivity contribution in [2.24, 2.45) is 0 Å². The molecule has 5 heterocycles. The molecule has 9 rings (SSSR count). The number of thiophene rings is 1. The summed E-state index contributed by atoms with van der Waals surface area (Å²) in [6.45, 7) is 0. The predicted molar refractivity (Wildman–Crippen MR) is 203 cm³/mol. The highest BCUT2D eigenvalue weighted by atomic mass is 32.1. The van der Waals surface area contributed by atoms with Gasteiger partial charge in [0.1, 0.15) is 0 Å². The normalized spacial score (nSPS) is 11.3. The Hall–Kier alpha value is -6.30. The van der Waals surface area contributed by atoms with Crippen LogP contribution in [0.5, 0.6) is 0 Å². The molecule has 0 radical (unpaired) electrons. The van der Waals surface area contributed by atoms with Crippen LogP contribution in [0.2, 0.25) is 0 Å². The highest BCUT2D eigenvalue weighted by Crippen LogP contribution is 2.50. The van der Waals surface area contributed by atoms with Crippen LogP contribution < -0.4 is 0 Å². The quantitative estimate of drug-likeness (QED) is 0.181. The Morgan fingerprint density at radius 2 is 0.980 bits per heavy atom. The molecule has 0 aliphatic carbocycles. The first-order valence-corrected chi connectivity index (χ1v) is 17.0. The molecule has 0 amide bonds. The molecule has 0 unspecified atom stereocenters. The van der Waals surface area contributed by atoms with Gasteiger partial charge in [0.05, 0.1) is 38.7 Å². The van der Waals surface area contributed by atoms with E-state index in [9.17, 15) is 0 Å². The maximum atomic E-state index is 5.43. The van der Waals surface area contributed by atoms with Crippen LogP contribution in [0.15, 0.2) is 170 Å². The number of hydrogen-bond acceptors (Lipinski definition) is 5. The molecule has 4 aromatic carbocycles. The maximum Gasteiger partial charge on any atom is 0.0900 e. The molecule has 4 nitrogen and oxygen atoms in total. The van der Waals surface area contributed by atoms with Gasteiger partial charge in [-0.3, -0.25) is 9.97 Å². The second kappa shape index (κ2) is 12.4. The van der Waals surface area contributed by atoms with Crippen molar-refractivity contribution in [3.05, 3.63) is 170 Å². The zero-order valence-corrected chi connectivity index (χ0v) is 27.2. The second-order valence-corrected chi connectivity index (χ2v) is 12.9. The molecule has 49 heavy (non-hydrogen) atoms. The van der Waals surface area contributed by atoms with Crippen molar-refractivity contribution in [3.8, 4) is 66.7 Å². The topological polar surface area (TPSA) is 51.6 Å². The van der Waals surface area contributed by atoms with Crippen LogP contribution in [-0.2, 0) is 0 Å². The van der Waals surface area contributed by atoms with Crippen LogP contribution in [0.25, 0.3) is 87.7 Å². The summed E-state index contributed by atoms with van der Waals surface area (Å²) in [5.74, 6) is 0. The van der Waals surface area contributed by atoms with E-state index in [1.165, 1.54) is 31.7 Å². The number of nitrogens with zero attached hydrogens (tertiary/aromatic N) is 4. The third-order valence-corrected chi connectivity index (χ3v) is 10.0. The lowest BCUT2D eigenvalue weighted by atomic mass is 9.94. The third-order valence-electron chi connectivity index (χ3n) is 8.78. The molecule has 5 aromatic heterocycles. The summed E-state index contributed by atoms with van der Waals surface area (Å²) >= 11 is 1.82. The lowest BCUT2D eigenvalue weighted by Crippen LogP contribution is -1.94. The standard InChI is InChI=1S/C44H28N4S/c1-4-14-29(15-5-1)40-41-34-23-22-32(33-27-38(35-20-10-12-24-45-35)47-39(28-33)36-21-11-13-25-46-36)26-37(34)48-42(30-16-6-2-7-17-30)44(41)49-43(40)31-18-8-3-9-19-31/h1-28H. The molecule has 0 spiro atoms. The zero-order valence-electron chi connectivity index (χ0n) is 26.4. The van der Waals surface area contributed by atoms with E-state index in [0.29, 0.717) is 0 Å². The number of pyridine rings is 4. The van der Waals surface area contributed by atoms with Crippen LogP contribution in [-0.4, -0.2) is 19.9 Å². The van der Waals surface area contributed by atoms with E-state index >= 15 is 0 Å². The molecule has 0 bridgehead atoms. The average molecular weight is 645 g/mol. The highest BCUT2D eigenvalue weighted by molar-refractivity contribution is 7.23. The largest absolute Gasteiger partial charge is 0.255 e. The van der Waals surface area contributed by atoms with Gasteiger partial charge in [-0.1, -0.05) is 115 Å². The maximum absolute atomic E-state index is 5.43. The SMILES string of the molecule is c1ccc(-c2sc3c(-c4ccccc4)nc4cc(-c5cc(-c6ccccn6)nc(-c6ccccn6)c5)ccc4c3c2-c2ccccc2)cc1. The smallest absolute Gasteiger partial charge is 0.0900 e. The molecule has 230 valence electrons.